The normalized spacial score (nSPS) is 12.3. The molecule has 0 radical (unpaired) electrons. The minimum absolute atomic E-state index is 0. The van der Waals surface area contributed by atoms with Crippen molar-refractivity contribution in [2.75, 3.05) is 0 Å². The smallest absolute Gasteiger partial charge is 0.230 e. The average Bonchev–Trinajstić information content (AvgIpc) is 3.51. The van der Waals surface area contributed by atoms with E-state index in [-0.39, 0.29) is 43.1 Å². The summed E-state index contributed by atoms with van der Waals surface area (Å²) in [6, 6.07) is 34.8. The van der Waals surface area contributed by atoms with Crippen LogP contribution in [0.1, 0.15) is 77.6 Å². The molecule has 7 rings (SSSR count). The van der Waals surface area contributed by atoms with Gasteiger partial charge in [-0.25, -0.2) is 4.98 Å². The third-order valence-electron chi connectivity index (χ3n) is 9.62. The SMILES string of the molecule is CC(C)(C)c1ccc(O)c(-c2nc3c(-c4[c-]c(-c5cc(C(C)(C)C)cc6nccnc56)ccc4)cc(C(C)(C)c4ccccc4)cc3o2)c1.[Pt]. The van der Waals surface area contributed by atoms with Crippen molar-refractivity contribution in [3.8, 4) is 39.5 Å². The first-order valence-electron chi connectivity index (χ1n) is 16.8. The molecule has 0 aliphatic carbocycles. The van der Waals surface area contributed by atoms with Gasteiger partial charge < -0.3 is 9.52 Å². The Kier molecular flexibility index (Phi) is 9.12. The molecule has 0 atom stereocenters. The summed E-state index contributed by atoms with van der Waals surface area (Å²) in [5, 5.41) is 11.0. The molecule has 7 aromatic rings. The Labute approximate surface area is 309 Å². The molecule has 0 spiro atoms. The van der Waals surface area contributed by atoms with E-state index in [4.69, 9.17) is 14.4 Å². The first kappa shape index (κ1) is 35.2. The average molecular weight is 840 g/mol. The molecule has 6 heteroatoms. The Morgan fingerprint density at radius 3 is 1.88 bits per heavy atom. The maximum absolute atomic E-state index is 11.0. The van der Waals surface area contributed by atoms with E-state index < -0.39 is 0 Å². The number of fused-ring (bicyclic) bond motifs is 2. The van der Waals surface area contributed by atoms with Crippen LogP contribution < -0.4 is 0 Å². The van der Waals surface area contributed by atoms with Crippen molar-refractivity contribution >= 4 is 22.1 Å². The zero-order chi connectivity index (χ0) is 34.7. The van der Waals surface area contributed by atoms with Crippen molar-refractivity contribution < 1.29 is 30.6 Å². The predicted octanol–water partition coefficient (Wildman–Crippen LogP) is 11.2. The van der Waals surface area contributed by atoms with Gasteiger partial charge in [-0.2, -0.15) is 0 Å². The summed E-state index contributed by atoms with van der Waals surface area (Å²) in [5.74, 6) is 0.510. The van der Waals surface area contributed by atoms with Crippen LogP contribution >= 0.6 is 0 Å². The number of nitrogens with zero attached hydrogens (tertiary/aromatic N) is 3. The minimum Gasteiger partial charge on any atom is -0.507 e. The number of benzene rings is 5. The van der Waals surface area contributed by atoms with Gasteiger partial charge in [-0.1, -0.05) is 115 Å². The number of phenolic OH excluding ortho intramolecular Hbond substituents is 1. The van der Waals surface area contributed by atoms with E-state index in [9.17, 15) is 5.11 Å². The molecule has 50 heavy (non-hydrogen) atoms. The molecule has 5 nitrogen and oxygen atoms in total. The van der Waals surface area contributed by atoms with Gasteiger partial charge in [-0.05, 0) is 57.3 Å². The summed E-state index contributed by atoms with van der Waals surface area (Å²) in [4.78, 5) is 14.5. The van der Waals surface area contributed by atoms with E-state index in [1.54, 1.807) is 18.5 Å². The van der Waals surface area contributed by atoms with Crippen LogP contribution in [0.2, 0.25) is 0 Å². The predicted molar refractivity (Wildman–Crippen MR) is 200 cm³/mol. The molecule has 5 aromatic carbocycles. The number of hydrogen-bond donors (Lipinski definition) is 1. The number of hydrogen-bond acceptors (Lipinski definition) is 5. The number of aromatic hydroxyl groups is 1. The number of phenols is 1. The zero-order valence-electron chi connectivity index (χ0n) is 29.8. The molecular formula is C44H42N3O2Pt-. The van der Waals surface area contributed by atoms with Crippen LogP contribution in [0.15, 0.2) is 108 Å². The van der Waals surface area contributed by atoms with Gasteiger partial charge in [0, 0.05) is 38.9 Å². The Morgan fingerprint density at radius 1 is 0.580 bits per heavy atom. The van der Waals surface area contributed by atoms with Gasteiger partial charge in [0.1, 0.15) is 11.3 Å². The summed E-state index contributed by atoms with van der Waals surface area (Å²) >= 11 is 0. The molecule has 0 aliphatic rings. The maximum atomic E-state index is 11.0. The molecule has 256 valence electrons. The summed E-state index contributed by atoms with van der Waals surface area (Å²) < 4.78 is 6.56. The van der Waals surface area contributed by atoms with E-state index in [0.29, 0.717) is 22.6 Å². The Bertz CT molecular complexity index is 2340. The largest absolute Gasteiger partial charge is 0.507 e. The molecule has 0 aliphatic heterocycles. The second-order valence-corrected chi connectivity index (χ2v) is 15.5. The molecular weight excluding hydrogens is 798 g/mol. The molecule has 0 unspecified atom stereocenters. The van der Waals surface area contributed by atoms with Crippen molar-refractivity contribution in [3.05, 3.63) is 132 Å². The maximum Gasteiger partial charge on any atom is 0.230 e. The molecule has 0 fully saturated rings. The Morgan fingerprint density at radius 2 is 1.20 bits per heavy atom. The van der Waals surface area contributed by atoms with Gasteiger partial charge in [0.2, 0.25) is 5.89 Å². The topological polar surface area (TPSA) is 72.0 Å². The molecule has 2 heterocycles. The van der Waals surface area contributed by atoms with E-state index in [2.05, 4.69) is 133 Å². The third-order valence-corrected chi connectivity index (χ3v) is 9.62. The molecule has 0 amide bonds. The molecule has 0 saturated heterocycles. The van der Waals surface area contributed by atoms with Gasteiger partial charge in [0.05, 0.1) is 22.1 Å². The monoisotopic (exact) mass is 839 g/mol. The zero-order valence-corrected chi connectivity index (χ0v) is 32.1. The molecule has 0 saturated carbocycles. The standard InChI is InChI=1S/C44H42N3O2.Pt/c1-42(2,3)30-17-18-37(48)35(22-30)41-47-40-34(24-32(26-38(40)49-41)44(7,8)29-15-10-9-11-16-29)28-14-12-13-27(21-28)33-23-31(43(4,5)6)25-36-39(33)46-20-19-45-36;/h9-20,22-26,48H,1-8H3;/q-1;. The van der Waals surface area contributed by atoms with E-state index in [0.717, 1.165) is 44.4 Å². The molecule has 0 bridgehead atoms. The first-order chi connectivity index (χ1) is 23.2. The fourth-order valence-electron chi connectivity index (χ4n) is 6.40. The second kappa shape index (κ2) is 12.9. The van der Waals surface area contributed by atoms with Crippen molar-refractivity contribution in [2.24, 2.45) is 0 Å². The number of rotatable bonds is 5. The van der Waals surface area contributed by atoms with Crippen molar-refractivity contribution in [3.63, 3.8) is 0 Å². The molecule has 2 aromatic heterocycles. The van der Waals surface area contributed by atoms with E-state index in [1.165, 1.54) is 11.1 Å². The van der Waals surface area contributed by atoms with Gasteiger partial charge in [-0.3, -0.25) is 9.97 Å². The van der Waals surface area contributed by atoms with Crippen molar-refractivity contribution in [1.29, 1.82) is 0 Å². The van der Waals surface area contributed by atoms with Crippen molar-refractivity contribution in [2.45, 2.75) is 71.6 Å². The summed E-state index contributed by atoms with van der Waals surface area (Å²) in [6.45, 7) is 17.5. The minimum atomic E-state index is -0.337. The summed E-state index contributed by atoms with van der Waals surface area (Å²) in [7, 11) is 0. The van der Waals surface area contributed by atoms with Crippen LogP contribution in [-0.2, 0) is 37.3 Å². The van der Waals surface area contributed by atoms with Gasteiger partial charge in [-0.15, -0.1) is 35.4 Å². The quantitative estimate of drug-likeness (QED) is 0.175. The van der Waals surface area contributed by atoms with Crippen molar-refractivity contribution in [1.82, 2.24) is 15.0 Å². The van der Waals surface area contributed by atoms with E-state index >= 15 is 0 Å². The van der Waals surface area contributed by atoms with Crippen LogP contribution in [0.25, 0.3) is 55.8 Å². The van der Waals surface area contributed by atoms with E-state index in [1.807, 2.05) is 18.2 Å². The fourth-order valence-corrected chi connectivity index (χ4v) is 6.40. The summed E-state index contributed by atoms with van der Waals surface area (Å²) in [5.41, 5.74) is 11.4. The third kappa shape index (κ3) is 6.52. The van der Waals surface area contributed by atoms with Crippen LogP contribution in [0.5, 0.6) is 5.75 Å². The van der Waals surface area contributed by atoms with Gasteiger partial charge in [0.25, 0.3) is 0 Å². The fraction of sp³-hybridized carbons (Fsp3) is 0.250. The summed E-state index contributed by atoms with van der Waals surface area (Å²) in [6.07, 6.45) is 3.48. The van der Waals surface area contributed by atoms with Gasteiger partial charge >= 0.3 is 0 Å². The Hall–Kier alpha value is -4.60. The number of oxazole rings is 1. The second-order valence-electron chi connectivity index (χ2n) is 15.5. The van der Waals surface area contributed by atoms with Crippen LogP contribution in [0, 0.1) is 6.07 Å². The van der Waals surface area contributed by atoms with Gasteiger partial charge in [0.15, 0.2) is 0 Å². The van der Waals surface area contributed by atoms with Crippen LogP contribution in [0.4, 0.5) is 0 Å². The van der Waals surface area contributed by atoms with Crippen LogP contribution in [0.3, 0.4) is 0 Å². The Balaban J connectivity index is 0.00000432. The molecule has 1 N–H and O–H groups in total. The van der Waals surface area contributed by atoms with Crippen LogP contribution in [-0.4, -0.2) is 20.1 Å². The first-order valence-corrected chi connectivity index (χ1v) is 16.8. The number of aromatic nitrogens is 3.